The predicted octanol–water partition coefficient (Wildman–Crippen LogP) is 29.9. The monoisotopic (exact) mass is 1770 g/mol. The number of aromatic nitrogens is 14. The molecule has 0 N–H and O–H groups in total. The van der Waals surface area contributed by atoms with Gasteiger partial charge in [0.1, 0.15) is 0 Å². The van der Waals surface area contributed by atoms with E-state index in [0.29, 0.717) is 0 Å². The lowest BCUT2D eigenvalue weighted by Crippen LogP contribution is -1.94. The fourth-order valence-electron chi connectivity index (χ4n) is 16.7. The first kappa shape index (κ1) is 85.8. The molecule has 0 atom stereocenters. The van der Waals surface area contributed by atoms with Crippen molar-refractivity contribution in [2.24, 2.45) is 0 Å². The van der Waals surface area contributed by atoms with E-state index in [4.69, 9.17) is 29.9 Å². The zero-order chi connectivity index (χ0) is 92.4. The highest BCUT2D eigenvalue weighted by molar-refractivity contribution is 5.86. The Kier molecular flexibility index (Phi) is 25.4. The van der Waals surface area contributed by atoms with Gasteiger partial charge >= 0.3 is 0 Å². The van der Waals surface area contributed by atoms with E-state index in [1.54, 1.807) is 49.6 Å². The van der Waals surface area contributed by atoms with E-state index in [-0.39, 0.29) is 0 Å². The fraction of sp³-hybridized carbons (Fsp3) is 0. The van der Waals surface area contributed by atoms with Crippen LogP contribution in [0, 0.1) is 0 Å². The summed E-state index contributed by atoms with van der Waals surface area (Å²) in [7, 11) is 0. The van der Waals surface area contributed by atoms with Crippen molar-refractivity contribution < 1.29 is 0 Å². The highest BCUT2D eigenvalue weighted by Gasteiger charge is 2.20. The topological polar surface area (TPSA) is 180 Å². The third kappa shape index (κ3) is 20.3. The molecule has 0 aliphatic carbocycles. The van der Waals surface area contributed by atoms with Crippen LogP contribution in [0.1, 0.15) is 0 Å². The summed E-state index contributed by atoms with van der Waals surface area (Å²) in [5.41, 5.74) is 39.4. The molecule has 14 heteroatoms. The summed E-state index contributed by atoms with van der Waals surface area (Å²) >= 11 is 0. The van der Waals surface area contributed by atoms with Crippen LogP contribution in [0.2, 0.25) is 0 Å². The molecule has 0 amide bonds. The molecule has 14 heterocycles. The number of nitrogens with zero attached hydrogens (tertiary/aromatic N) is 14. The van der Waals surface area contributed by atoms with Crippen molar-refractivity contribution >= 4 is 0 Å². The van der Waals surface area contributed by atoms with Gasteiger partial charge in [0.2, 0.25) is 0 Å². The Bertz CT molecular complexity index is 7040. The first-order valence-electron chi connectivity index (χ1n) is 45.5. The molecule has 9 aromatic carbocycles. The van der Waals surface area contributed by atoms with E-state index in [1.807, 2.05) is 194 Å². The highest BCUT2D eigenvalue weighted by Crippen LogP contribution is 2.41. The van der Waals surface area contributed by atoms with Crippen LogP contribution >= 0.6 is 0 Å². The van der Waals surface area contributed by atoms with Gasteiger partial charge in [-0.25, -0.2) is 29.9 Å². The summed E-state index contributed by atoms with van der Waals surface area (Å²) in [6.07, 6.45) is 18.0. The van der Waals surface area contributed by atoms with Crippen molar-refractivity contribution in [1.82, 2.24) is 69.8 Å². The number of hydrogen-bond donors (Lipinski definition) is 0. The van der Waals surface area contributed by atoms with E-state index >= 15 is 0 Å². The Balaban J connectivity index is 0.000000125. The molecule has 14 aromatic heterocycles. The highest BCUT2D eigenvalue weighted by atomic mass is 14.8. The van der Waals surface area contributed by atoms with Gasteiger partial charge in [0, 0.05) is 95.3 Å². The van der Waals surface area contributed by atoms with Gasteiger partial charge in [0.15, 0.2) is 0 Å². The molecule has 0 aliphatic rings. The van der Waals surface area contributed by atoms with Gasteiger partial charge in [0.05, 0.1) is 102 Å². The maximum atomic E-state index is 5.09. The van der Waals surface area contributed by atoms with E-state index in [0.717, 1.165) is 203 Å². The molecular weight excluding hydrogens is 1690 g/mol. The molecule has 23 aromatic rings. The largest absolute Gasteiger partial charge is 0.265 e. The van der Waals surface area contributed by atoms with Crippen LogP contribution in [-0.4, -0.2) is 69.8 Å². The first-order valence-corrected chi connectivity index (χ1v) is 45.5. The third-order valence-corrected chi connectivity index (χ3v) is 23.8. The summed E-state index contributed by atoms with van der Waals surface area (Å²) in [6.45, 7) is 0. The lowest BCUT2D eigenvalue weighted by Gasteiger charge is -2.12. The minimum atomic E-state index is 0.798. The zero-order valence-electron chi connectivity index (χ0n) is 74.8. The summed E-state index contributed by atoms with van der Waals surface area (Å²) in [6, 6.07) is 154. The lowest BCUT2D eigenvalue weighted by atomic mass is 9.96. The van der Waals surface area contributed by atoms with Gasteiger partial charge in [-0.15, -0.1) is 0 Å². The second-order valence-electron chi connectivity index (χ2n) is 32.9. The SMILES string of the molecule is c1ccc(-c2cc(-c3ccc(-c4cc(-c5ccccc5)nc(-c5ccncc5)c4)cc3)cc(-c3ccncc3)n2)cc1.c1ccc(-c2cc(-c3ccc(-c4cc(-c5ccccn5)nc(-c5ccccn5)c4)cc3)cc(-c3ccccn3)n2)nc1.c1ccc(-c2ccc(-c3cc(-c4ccc(-c5cc(-c6ccc(-c7ccccc7)cc6)nc(-c6ccccn6)c5)cc4)cc(-c4ccccn4)n3)cc2)cc1. The van der Waals surface area contributed by atoms with E-state index < -0.39 is 0 Å². The quantitative estimate of drug-likeness (QED) is 0.0703. The van der Waals surface area contributed by atoms with Gasteiger partial charge in [-0.05, 0) is 259 Å². The molecule has 0 aliphatic heterocycles. The summed E-state index contributed by atoms with van der Waals surface area (Å²) in [5, 5.41) is 0. The Morgan fingerprint density at radius 3 is 0.420 bits per heavy atom. The maximum absolute atomic E-state index is 5.09. The van der Waals surface area contributed by atoms with Crippen LogP contribution in [0.5, 0.6) is 0 Å². The van der Waals surface area contributed by atoms with Crippen LogP contribution in [-0.2, 0) is 0 Å². The average molecular weight is 1770 g/mol. The van der Waals surface area contributed by atoms with Crippen LogP contribution in [0.3, 0.4) is 0 Å². The van der Waals surface area contributed by atoms with Crippen LogP contribution < -0.4 is 0 Å². The van der Waals surface area contributed by atoms with E-state index in [1.165, 1.54) is 22.3 Å². The lowest BCUT2D eigenvalue weighted by molar-refractivity contribution is 1.22. The predicted molar refractivity (Wildman–Crippen MR) is 557 cm³/mol. The van der Waals surface area contributed by atoms with Crippen molar-refractivity contribution in [2.75, 3.05) is 0 Å². The molecule has 0 spiro atoms. The molecule has 0 saturated carbocycles. The van der Waals surface area contributed by atoms with Crippen LogP contribution in [0.15, 0.2) is 511 Å². The van der Waals surface area contributed by atoms with Crippen molar-refractivity contribution in [3.63, 3.8) is 0 Å². The fourth-order valence-corrected chi connectivity index (χ4v) is 16.7. The maximum Gasteiger partial charge on any atom is 0.0900 e. The van der Waals surface area contributed by atoms with Gasteiger partial charge in [-0.2, -0.15) is 0 Å². The molecule has 23 rings (SSSR count). The molecule has 0 radical (unpaired) electrons. The second kappa shape index (κ2) is 40.8. The van der Waals surface area contributed by atoms with Crippen LogP contribution in [0.25, 0.3) is 225 Å². The standard InChI is InChI=1S/C50H34N4.C38H26N4.C36H24N6/c1-3-11-35(12-4-1)37-21-25-41(26-22-37)47-31-43(33-49(53-47)45-15-7-9-29-51-45)39-17-19-40(20-18-39)44-32-48(54-50(34-44)46-16-8-10-30-52-46)42-27-23-38(24-28-42)36-13-5-2-6-14-36;1-3-7-29(8-4-1)35-23-33(25-37(41-35)31-15-19-39-20-16-31)27-11-13-28(14-12-27)34-24-36(30-9-5-2-6-10-30)42-38(26-34)32-17-21-40-22-18-32;1-5-17-37-29(9-1)33-21-27(22-34(41-33)30-10-2-6-18-38-30)25-13-15-26(16-14-25)28-23-35(31-11-3-7-19-39-31)42-36(24-28)32-12-4-8-20-40-32/h1-34H;1-26H;1-24H. The second-order valence-corrected chi connectivity index (χ2v) is 32.9. The van der Waals surface area contributed by atoms with E-state index in [9.17, 15) is 0 Å². The Labute approximate surface area is 800 Å². The van der Waals surface area contributed by atoms with Crippen molar-refractivity contribution in [2.45, 2.75) is 0 Å². The number of hydrogen-bond acceptors (Lipinski definition) is 14. The van der Waals surface area contributed by atoms with Crippen LogP contribution in [0.4, 0.5) is 0 Å². The minimum absolute atomic E-state index is 0.798. The Morgan fingerprint density at radius 2 is 0.225 bits per heavy atom. The number of rotatable bonds is 20. The number of pyridine rings is 14. The molecule has 0 saturated heterocycles. The first-order chi connectivity index (χ1) is 68.3. The molecular formula is C124H84N14. The third-order valence-electron chi connectivity index (χ3n) is 23.8. The normalized spacial score (nSPS) is 10.9. The zero-order valence-corrected chi connectivity index (χ0v) is 74.8. The molecule has 138 heavy (non-hydrogen) atoms. The molecule has 14 nitrogen and oxygen atoms in total. The molecule has 0 fully saturated rings. The number of benzene rings is 9. The Morgan fingerprint density at radius 1 is 0.0870 bits per heavy atom. The van der Waals surface area contributed by atoms with Gasteiger partial charge in [-0.1, -0.05) is 279 Å². The minimum Gasteiger partial charge on any atom is -0.265 e. The molecule has 0 bridgehead atoms. The average Bonchev–Trinajstić information content (AvgIpc) is 0.793. The smallest absolute Gasteiger partial charge is 0.0900 e. The molecule has 0 unspecified atom stereocenters. The summed E-state index contributed by atoms with van der Waals surface area (Å²) in [5.74, 6) is 0. The van der Waals surface area contributed by atoms with E-state index in [2.05, 4.69) is 307 Å². The van der Waals surface area contributed by atoms with Crippen molar-refractivity contribution in [3.05, 3.63) is 511 Å². The van der Waals surface area contributed by atoms with Gasteiger partial charge in [0.25, 0.3) is 0 Å². The summed E-state index contributed by atoms with van der Waals surface area (Å²) in [4.78, 5) is 65.8. The molecule has 650 valence electrons. The van der Waals surface area contributed by atoms with Gasteiger partial charge < -0.3 is 0 Å². The Hall–Kier alpha value is -18.9. The van der Waals surface area contributed by atoms with Gasteiger partial charge in [-0.3, -0.25) is 39.9 Å². The van der Waals surface area contributed by atoms with Crippen molar-refractivity contribution in [3.8, 4) is 225 Å². The van der Waals surface area contributed by atoms with Crippen molar-refractivity contribution in [1.29, 1.82) is 0 Å². The summed E-state index contributed by atoms with van der Waals surface area (Å²) < 4.78 is 0.